The summed E-state index contributed by atoms with van der Waals surface area (Å²) in [5.74, 6) is 7.38. The molecule has 1 aromatic heterocycles. The number of unbranched alkanes of at least 4 members (excludes halogenated alkanes) is 2. The van der Waals surface area contributed by atoms with Crippen LogP contribution in [0.4, 0.5) is 0 Å². The standard InChI is InChI=1S/C23H21NO2/c1-26-21-11-6-9-18(16-21)8-4-2-3-5-10-19-13-14-20(17-25)23-22(19)12-7-15-24-23/h6-7,9,11-17H,2-4,8H2,1H3. The third kappa shape index (κ3) is 4.29. The molecule has 0 saturated carbocycles. The average Bonchev–Trinajstić information content (AvgIpc) is 2.70. The molecule has 0 aliphatic carbocycles. The maximum atomic E-state index is 11.1. The molecular weight excluding hydrogens is 322 g/mol. The SMILES string of the molecule is COc1cccc(CCCCC#Cc2ccc(C=O)c3ncccc23)c1. The molecule has 26 heavy (non-hydrogen) atoms. The second-order valence-electron chi connectivity index (χ2n) is 6.08. The Labute approximate surface area is 154 Å². The fourth-order valence-corrected chi connectivity index (χ4v) is 2.93. The minimum Gasteiger partial charge on any atom is -0.497 e. The van der Waals surface area contributed by atoms with Gasteiger partial charge in [-0.15, -0.1) is 0 Å². The van der Waals surface area contributed by atoms with Crippen LogP contribution in [0.5, 0.6) is 5.75 Å². The number of carbonyl (C=O) groups excluding carboxylic acids is 1. The van der Waals surface area contributed by atoms with Gasteiger partial charge in [0, 0.05) is 29.1 Å². The zero-order valence-corrected chi connectivity index (χ0v) is 14.9. The Bertz CT molecular complexity index is 967. The van der Waals surface area contributed by atoms with E-state index in [0.717, 1.165) is 48.7 Å². The van der Waals surface area contributed by atoms with Crippen LogP contribution in [-0.4, -0.2) is 18.4 Å². The van der Waals surface area contributed by atoms with Crippen LogP contribution in [0.15, 0.2) is 54.7 Å². The summed E-state index contributed by atoms with van der Waals surface area (Å²) in [5, 5.41) is 0.931. The van der Waals surface area contributed by atoms with Gasteiger partial charge in [-0.2, -0.15) is 0 Å². The van der Waals surface area contributed by atoms with Crippen LogP contribution in [0.25, 0.3) is 10.9 Å². The first-order valence-corrected chi connectivity index (χ1v) is 8.76. The molecule has 0 amide bonds. The lowest BCUT2D eigenvalue weighted by atomic mass is 10.0. The summed E-state index contributed by atoms with van der Waals surface area (Å²) >= 11 is 0. The number of fused-ring (bicyclic) bond motifs is 1. The van der Waals surface area contributed by atoms with Gasteiger partial charge >= 0.3 is 0 Å². The fraction of sp³-hybridized carbons (Fsp3) is 0.217. The van der Waals surface area contributed by atoms with E-state index >= 15 is 0 Å². The Morgan fingerprint density at radius 2 is 2.04 bits per heavy atom. The number of rotatable bonds is 6. The van der Waals surface area contributed by atoms with Gasteiger partial charge in [0.15, 0.2) is 6.29 Å². The molecule has 1 heterocycles. The highest BCUT2D eigenvalue weighted by Crippen LogP contribution is 2.19. The van der Waals surface area contributed by atoms with Crippen molar-refractivity contribution in [2.75, 3.05) is 7.11 Å². The van der Waals surface area contributed by atoms with Crippen molar-refractivity contribution in [2.24, 2.45) is 0 Å². The summed E-state index contributed by atoms with van der Waals surface area (Å²) in [4.78, 5) is 15.4. The molecule has 0 spiro atoms. The second-order valence-corrected chi connectivity index (χ2v) is 6.08. The number of aromatic nitrogens is 1. The molecule has 0 saturated heterocycles. The number of carbonyl (C=O) groups is 1. The Hall–Kier alpha value is -3.12. The van der Waals surface area contributed by atoms with Crippen LogP contribution >= 0.6 is 0 Å². The first-order chi connectivity index (χ1) is 12.8. The van der Waals surface area contributed by atoms with Crippen molar-refractivity contribution in [3.05, 3.63) is 71.4 Å². The highest BCUT2D eigenvalue weighted by molar-refractivity contribution is 5.98. The smallest absolute Gasteiger partial charge is 0.152 e. The van der Waals surface area contributed by atoms with E-state index in [1.165, 1.54) is 5.56 Å². The van der Waals surface area contributed by atoms with Crippen molar-refractivity contribution in [3.63, 3.8) is 0 Å². The third-order valence-corrected chi connectivity index (χ3v) is 4.30. The number of aryl methyl sites for hydroxylation is 1. The maximum Gasteiger partial charge on any atom is 0.152 e. The van der Waals surface area contributed by atoms with Crippen molar-refractivity contribution in [1.82, 2.24) is 4.98 Å². The van der Waals surface area contributed by atoms with Crippen LogP contribution in [0.2, 0.25) is 0 Å². The number of aldehydes is 1. The molecule has 130 valence electrons. The van der Waals surface area contributed by atoms with Gasteiger partial charge in [-0.25, -0.2) is 0 Å². The van der Waals surface area contributed by atoms with E-state index in [1.54, 1.807) is 19.4 Å². The highest BCUT2D eigenvalue weighted by Gasteiger charge is 2.04. The first-order valence-electron chi connectivity index (χ1n) is 8.76. The van der Waals surface area contributed by atoms with E-state index in [0.29, 0.717) is 11.1 Å². The molecule has 0 atom stereocenters. The minimum absolute atomic E-state index is 0.601. The largest absolute Gasteiger partial charge is 0.497 e. The van der Waals surface area contributed by atoms with Crippen LogP contribution < -0.4 is 4.74 Å². The zero-order chi connectivity index (χ0) is 18.2. The van der Waals surface area contributed by atoms with Crippen molar-refractivity contribution >= 4 is 17.2 Å². The lowest BCUT2D eigenvalue weighted by molar-refractivity contribution is 0.112. The normalized spacial score (nSPS) is 10.2. The molecule has 3 nitrogen and oxygen atoms in total. The van der Waals surface area contributed by atoms with Gasteiger partial charge in [-0.3, -0.25) is 9.78 Å². The van der Waals surface area contributed by atoms with Crippen molar-refractivity contribution in [2.45, 2.75) is 25.7 Å². The van der Waals surface area contributed by atoms with E-state index in [9.17, 15) is 4.79 Å². The number of hydrogen-bond donors (Lipinski definition) is 0. The van der Waals surface area contributed by atoms with E-state index in [4.69, 9.17) is 4.74 Å². The predicted octanol–water partition coefficient (Wildman–Crippen LogP) is 4.82. The van der Waals surface area contributed by atoms with E-state index in [-0.39, 0.29) is 0 Å². The Balaban J connectivity index is 1.59. The molecule has 0 fully saturated rings. The van der Waals surface area contributed by atoms with Crippen LogP contribution in [0.1, 0.15) is 40.7 Å². The third-order valence-electron chi connectivity index (χ3n) is 4.30. The molecule has 3 aromatic rings. The summed E-state index contributed by atoms with van der Waals surface area (Å²) in [7, 11) is 1.69. The molecule has 3 heteroatoms. The van der Waals surface area contributed by atoms with Gasteiger partial charge in [-0.05, 0) is 55.2 Å². The molecule has 0 bridgehead atoms. The van der Waals surface area contributed by atoms with E-state index in [2.05, 4.69) is 29.0 Å². The molecule has 2 aromatic carbocycles. The molecule has 0 unspecified atom stereocenters. The summed E-state index contributed by atoms with van der Waals surface area (Å²) in [5.41, 5.74) is 3.53. The van der Waals surface area contributed by atoms with Crippen molar-refractivity contribution < 1.29 is 9.53 Å². The monoisotopic (exact) mass is 343 g/mol. The lowest BCUT2D eigenvalue weighted by Gasteiger charge is -2.03. The van der Waals surface area contributed by atoms with E-state index < -0.39 is 0 Å². The van der Waals surface area contributed by atoms with Gasteiger partial charge in [0.1, 0.15) is 5.75 Å². The molecule has 0 aliphatic rings. The van der Waals surface area contributed by atoms with Crippen molar-refractivity contribution in [1.29, 1.82) is 0 Å². The summed E-state index contributed by atoms with van der Waals surface area (Å²) in [6, 6.07) is 15.7. The number of methoxy groups -OCH3 is 1. The van der Waals surface area contributed by atoms with E-state index in [1.807, 2.05) is 30.3 Å². The molecule has 0 aliphatic heterocycles. The number of pyridine rings is 1. The number of benzene rings is 2. The predicted molar refractivity (Wildman–Crippen MR) is 105 cm³/mol. The Kier molecular flexibility index (Phi) is 6.01. The summed E-state index contributed by atoms with van der Waals surface area (Å²) < 4.78 is 5.25. The van der Waals surface area contributed by atoms with Crippen molar-refractivity contribution in [3.8, 4) is 17.6 Å². The highest BCUT2D eigenvalue weighted by atomic mass is 16.5. The topological polar surface area (TPSA) is 39.2 Å². The van der Waals surface area contributed by atoms with Gasteiger partial charge in [0.25, 0.3) is 0 Å². The second kappa shape index (κ2) is 8.82. The minimum atomic E-state index is 0.601. The number of nitrogens with zero attached hydrogens (tertiary/aromatic N) is 1. The number of ether oxygens (including phenoxy) is 1. The Morgan fingerprint density at radius 3 is 2.88 bits per heavy atom. The van der Waals surface area contributed by atoms with Crippen LogP contribution in [0.3, 0.4) is 0 Å². The van der Waals surface area contributed by atoms with Gasteiger partial charge in [-0.1, -0.05) is 30.0 Å². The van der Waals surface area contributed by atoms with Crippen LogP contribution in [0, 0.1) is 11.8 Å². The molecular formula is C23H21NO2. The average molecular weight is 343 g/mol. The molecule has 0 N–H and O–H groups in total. The van der Waals surface area contributed by atoms with Gasteiger partial charge in [0.2, 0.25) is 0 Å². The summed E-state index contributed by atoms with van der Waals surface area (Å²) in [6.07, 6.45) is 6.55. The number of hydrogen-bond acceptors (Lipinski definition) is 3. The lowest BCUT2D eigenvalue weighted by Crippen LogP contribution is -1.90. The molecule has 0 radical (unpaired) electrons. The van der Waals surface area contributed by atoms with Crippen LogP contribution in [-0.2, 0) is 6.42 Å². The molecule has 3 rings (SSSR count). The van der Waals surface area contributed by atoms with Gasteiger partial charge < -0.3 is 4.74 Å². The first kappa shape index (κ1) is 17.7. The fourth-order valence-electron chi connectivity index (χ4n) is 2.93. The summed E-state index contributed by atoms with van der Waals surface area (Å²) in [6.45, 7) is 0. The Morgan fingerprint density at radius 1 is 1.12 bits per heavy atom. The quantitative estimate of drug-likeness (QED) is 0.366. The van der Waals surface area contributed by atoms with Gasteiger partial charge in [0.05, 0.1) is 12.6 Å². The maximum absolute atomic E-state index is 11.1. The zero-order valence-electron chi connectivity index (χ0n) is 14.9.